The fraction of sp³-hybridized carbons (Fsp3) is 0.304. The van der Waals surface area contributed by atoms with Crippen molar-refractivity contribution in [1.29, 1.82) is 0 Å². The number of pyridine rings is 1. The second kappa shape index (κ2) is 9.51. The monoisotopic (exact) mass is 435 g/mol. The first-order valence-electron chi connectivity index (χ1n) is 10.5. The largest absolute Gasteiger partial charge is 0.481 e. The van der Waals surface area contributed by atoms with Crippen molar-refractivity contribution in [2.24, 2.45) is 5.92 Å². The minimum Gasteiger partial charge on any atom is -0.481 e. The van der Waals surface area contributed by atoms with Gasteiger partial charge >= 0.3 is 12.1 Å². The summed E-state index contributed by atoms with van der Waals surface area (Å²) in [4.78, 5) is 30.1. The van der Waals surface area contributed by atoms with E-state index in [1.54, 1.807) is 23.1 Å². The standard InChI is InChI=1S/C23H25N5O4/c1-16(17-5-3-2-4-6-17)32-23(31)26-21-9-12-25-28(21)19-7-8-20(24-15-19)27-13-10-18(11-14-27)22(29)30/h2-9,12,15-16,18H,10-11,13-14H2,1H3,(H,26,31)(H,29,30). The van der Waals surface area contributed by atoms with Crippen molar-refractivity contribution in [2.45, 2.75) is 25.9 Å². The Morgan fingerprint density at radius 1 is 1.12 bits per heavy atom. The number of amides is 1. The van der Waals surface area contributed by atoms with E-state index >= 15 is 0 Å². The number of benzene rings is 1. The molecule has 1 aliphatic rings. The first-order chi connectivity index (χ1) is 15.5. The van der Waals surface area contributed by atoms with Crippen LogP contribution < -0.4 is 10.2 Å². The lowest BCUT2D eigenvalue weighted by molar-refractivity contribution is -0.142. The molecule has 0 aliphatic carbocycles. The van der Waals surface area contributed by atoms with Crippen LogP contribution in [0.1, 0.15) is 31.4 Å². The minimum absolute atomic E-state index is 0.285. The number of anilines is 2. The molecule has 1 atom stereocenters. The first kappa shape index (κ1) is 21.4. The highest BCUT2D eigenvalue weighted by Crippen LogP contribution is 2.24. The summed E-state index contributed by atoms with van der Waals surface area (Å²) >= 11 is 0. The number of rotatable bonds is 6. The van der Waals surface area contributed by atoms with Crippen LogP contribution >= 0.6 is 0 Å². The summed E-state index contributed by atoms with van der Waals surface area (Å²) in [5.74, 6) is 0.235. The summed E-state index contributed by atoms with van der Waals surface area (Å²) in [6.45, 7) is 3.13. The molecule has 9 nitrogen and oxygen atoms in total. The highest BCUT2D eigenvalue weighted by atomic mass is 16.6. The molecule has 1 fully saturated rings. The maximum Gasteiger partial charge on any atom is 0.413 e. The Kier molecular flexibility index (Phi) is 6.34. The summed E-state index contributed by atoms with van der Waals surface area (Å²) in [6, 6.07) is 14.9. The summed E-state index contributed by atoms with van der Waals surface area (Å²) in [7, 11) is 0. The van der Waals surface area contributed by atoms with Gasteiger partial charge in [-0.25, -0.2) is 14.5 Å². The number of carboxylic acids is 1. The van der Waals surface area contributed by atoms with E-state index in [-0.39, 0.29) is 5.92 Å². The van der Waals surface area contributed by atoms with E-state index in [4.69, 9.17) is 9.84 Å². The summed E-state index contributed by atoms with van der Waals surface area (Å²) in [5.41, 5.74) is 1.59. The molecule has 9 heteroatoms. The van der Waals surface area contributed by atoms with Crippen molar-refractivity contribution in [2.75, 3.05) is 23.3 Å². The Balaban J connectivity index is 1.39. The van der Waals surface area contributed by atoms with Crippen molar-refractivity contribution in [1.82, 2.24) is 14.8 Å². The Bertz CT molecular complexity index is 1060. The van der Waals surface area contributed by atoms with Gasteiger partial charge in [0.05, 0.1) is 24.0 Å². The van der Waals surface area contributed by atoms with Gasteiger partial charge < -0.3 is 14.7 Å². The average molecular weight is 435 g/mol. The first-order valence-corrected chi connectivity index (χ1v) is 10.5. The zero-order valence-electron chi connectivity index (χ0n) is 17.7. The van der Waals surface area contributed by atoms with Crippen LogP contribution in [0.25, 0.3) is 5.69 Å². The molecule has 1 unspecified atom stereocenters. The van der Waals surface area contributed by atoms with Gasteiger partial charge in [0.2, 0.25) is 0 Å². The number of aromatic nitrogens is 3. The smallest absolute Gasteiger partial charge is 0.413 e. The Labute approximate surface area is 185 Å². The highest BCUT2D eigenvalue weighted by Gasteiger charge is 2.25. The number of nitrogens with one attached hydrogen (secondary N) is 1. The summed E-state index contributed by atoms with van der Waals surface area (Å²) in [6.07, 6.45) is 3.51. The number of ether oxygens (including phenoxy) is 1. The lowest BCUT2D eigenvalue weighted by atomic mass is 9.97. The third-order valence-corrected chi connectivity index (χ3v) is 5.57. The van der Waals surface area contributed by atoms with Crippen LogP contribution in [0.15, 0.2) is 60.9 Å². The predicted octanol–water partition coefficient (Wildman–Crippen LogP) is 3.88. The molecular formula is C23H25N5O4. The third kappa shape index (κ3) is 4.88. The fourth-order valence-electron chi connectivity index (χ4n) is 3.74. The second-order valence-electron chi connectivity index (χ2n) is 7.69. The fourth-order valence-corrected chi connectivity index (χ4v) is 3.74. The molecular weight excluding hydrogens is 410 g/mol. The zero-order valence-corrected chi connectivity index (χ0v) is 17.7. The van der Waals surface area contributed by atoms with Crippen molar-refractivity contribution in [3.05, 3.63) is 66.5 Å². The van der Waals surface area contributed by atoms with Gasteiger partial charge in [0.15, 0.2) is 0 Å². The minimum atomic E-state index is -0.733. The van der Waals surface area contributed by atoms with Crippen LogP contribution in [-0.4, -0.2) is 45.0 Å². The molecule has 32 heavy (non-hydrogen) atoms. The number of nitrogens with zero attached hydrogens (tertiary/aromatic N) is 4. The average Bonchev–Trinajstić information content (AvgIpc) is 3.27. The molecule has 166 valence electrons. The van der Waals surface area contributed by atoms with Crippen molar-refractivity contribution >= 4 is 23.7 Å². The Hall–Kier alpha value is -3.88. The molecule has 1 saturated heterocycles. The molecule has 2 aromatic heterocycles. The number of hydrogen-bond donors (Lipinski definition) is 2. The van der Waals surface area contributed by atoms with E-state index in [2.05, 4.69) is 20.3 Å². The van der Waals surface area contributed by atoms with Crippen LogP contribution in [0.3, 0.4) is 0 Å². The van der Waals surface area contributed by atoms with Gasteiger partial charge in [0, 0.05) is 19.2 Å². The molecule has 1 amide bonds. The number of carbonyl (C=O) groups is 2. The van der Waals surface area contributed by atoms with Gasteiger partial charge in [-0.2, -0.15) is 5.10 Å². The van der Waals surface area contributed by atoms with Gasteiger partial charge in [-0.05, 0) is 37.5 Å². The predicted molar refractivity (Wildman–Crippen MR) is 119 cm³/mol. The van der Waals surface area contributed by atoms with E-state index in [0.717, 1.165) is 11.4 Å². The van der Waals surface area contributed by atoms with Crippen LogP contribution in [0.4, 0.5) is 16.4 Å². The number of aliphatic carboxylic acids is 1. The van der Waals surface area contributed by atoms with E-state index in [0.29, 0.717) is 37.4 Å². The lowest BCUT2D eigenvalue weighted by Gasteiger charge is -2.31. The van der Waals surface area contributed by atoms with Gasteiger partial charge in [-0.1, -0.05) is 30.3 Å². The van der Waals surface area contributed by atoms with Crippen LogP contribution in [-0.2, 0) is 9.53 Å². The van der Waals surface area contributed by atoms with Crippen LogP contribution in [0.5, 0.6) is 0 Å². The molecule has 0 radical (unpaired) electrons. The molecule has 3 aromatic rings. The second-order valence-corrected chi connectivity index (χ2v) is 7.69. The summed E-state index contributed by atoms with van der Waals surface area (Å²) in [5, 5.41) is 16.2. The Morgan fingerprint density at radius 3 is 2.53 bits per heavy atom. The van der Waals surface area contributed by atoms with Gasteiger partial charge in [0.25, 0.3) is 0 Å². The topological polar surface area (TPSA) is 110 Å². The van der Waals surface area contributed by atoms with E-state index in [1.165, 1.54) is 0 Å². The maximum absolute atomic E-state index is 12.4. The quantitative estimate of drug-likeness (QED) is 0.605. The molecule has 2 N–H and O–H groups in total. The molecule has 0 saturated carbocycles. The zero-order chi connectivity index (χ0) is 22.5. The molecule has 4 rings (SSSR count). The molecule has 0 spiro atoms. The van der Waals surface area contributed by atoms with Gasteiger partial charge in [-0.15, -0.1) is 0 Å². The Morgan fingerprint density at radius 2 is 1.88 bits per heavy atom. The van der Waals surface area contributed by atoms with Crippen molar-refractivity contribution < 1.29 is 19.4 Å². The van der Waals surface area contributed by atoms with Crippen molar-refractivity contribution in [3.8, 4) is 5.69 Å². The maximum atomic E-state index is 12.4. The van der Waals surface area contributed by atoms with E-state index in [1.807, 2.05) is 49.4 Å². The van der Waals surface area contributed by atoms with E-state index < -0.39 is 18.2 Å². The molecule has 1 aliphatic heterocycles. The van der Waals surface area contributed by atoms with Gasteiger partial charge in [0.1, 0.15) is 17.7 Å². The molecule has 3 heterocycles. The number of piperidine rings is 1. The number of hydrogen-bond acceptors (Lipinski definition) is 6. The lowest BCUT2D eigenvalue weighted by Crippen LogP contribution is -2.36. The van der Waals surface area contributed by atoms with E-state index in [9.17, 15) is 9.59 Å². The third-order valence-electron chi connectivity index (χ3n) is 5.57. The number of carboxylic acid groups (broad SMARTS) is 1. The SMILES string of the molecule is CC(OC(=O)Nc1ccnn1-c1ccc(N2CCC(C(=O)O)CC2)nc1)c1ccccc1. The summed E-state index contributed by atoms with van der Waals surface area (Å²) < 4.78 is 7.04. The van der Waals surface area contributed by atoms with Crippen LogP contribution in [0.2, 0.25) is 0 Å². The molecule has 1 aromatic carbocycles. The van der Waals surface area contributed by atoms with Crippen LogP contribution in [0, 0.1) is 5.92 Å². The van der Waals surface area contributed by atoms with Crippen molar-refractivity contribution in [3.63, 3.8) is 0 Å². The highest BCUT2D eigenvalue weighted by molar-refractivity contribution is 5.84. The number of carbonyl (C=O) groups excluding carboxylic acids is 1. The normalized spacial score (nSPS) is 15.2. The molecule has 0 bridgehead atoms. The van der Waals surface area contributed by atoms with Gasteiger partial charge in [-0.3, -0.25) is 10.1 Å².